The molecule has 0 radical (unpaired) electrons. The number of amides is 1. The number of hydrogen-bond acceptors (Lipinski definition) is 6. The molecule has 188 valence electrons. The van der Waals surface area contributed by atoms with Crippen LogP contribution in [0.25, 0.3) is 21.8 Å². The number of nitrogens with two attached hydrogens (primary N) is 1. The number of anilines is 1. The quantitative estimate of drug-likeness (QED) is 0.397. The highest BCUT2D eigenvalue weighted by molar-refractivity contribution is 6.10. The number of carbonyl (C=O) groups is 1. The first-order valence-corrected chi connectivity index (χ1v) is 11.7. The summed E-state index contributed by atoms with van der Waals surface area (Å²) in [7, 11) is 3.62. The molecule has 3 aromatic heterocycles. The van der Waals surface area contributed by atoms with E-state index < -0.39 is 11.7 Å². The third-order valence-corrected chi connectivity index (χ3v) is 6.81. The molecule has 36 heavy (non-hydrogen) atoms. The molecule has 1 saturated carbocycles. The molecule has 3 heterocycles. The normalized spacial score (nSPS) is 14.5. The van der Waals surface area contributed by atoms with Gasteiger partial charge in [-0.15, -0.1) is 0 Å². The standard InChI is InChI=1S/C25H26F3N7O/c1-33(13-15-4-3-5-15)35(14-18-8-7-17(11-30-18)25(26,27)28)24(36)16-6-9-21-19(10-16)22-20(23(29)32-21)12-31-34(22)2/h6-12,15H,3-5,13-14H2,1-2H3,(H2,29,32). The average molecular weight is 498 g/mol. The number of hydrazine groups is 1. The van der Waals surface area contributed by atoms with Gasteiger partial charge in [-0.25, -0.2) is 9.99 Å². The van der Waals surface area contributed by atoms with Gasteiger partial charge < -0.3 is 5.73 Å². The zero-order valence-corrected chi connectivity index (χ0v) is 20.0. The van der Waals surface area contributed by atoms with Gasteiger partial charge in [0.25, 0.3) is 5.91 Å². The number of alkyl halides is 3. The third kappa shape index (κ3) is 4.46. The molecule has 0 atom stereocenters. The van der Waals surface area contributed by atoms with Gasteiger partial charge in [-0.2, -0.15) is 18.3 Å². The lowest BCUT2D eigenvalue weighted by molar-refractivity contribution is -0.137. The van der Waals surface area contributed by atoms with Crippen LogP contribution in [0.15, 0.2) is 42.7 Å². The van der Waals surface area contributed by atoms with E-state index in [1.165, 1.54) is 6.07 Å². The highest BCUT2D eigenvalue weighted by atomic mass is 19.4. The fourth-order valence-corrected chi connectivity index (χ4v) is 4.57. The SMILES string of the molecule is CN(CC1CCC1)N(Cc1ccc(C(F)(F)F)cn1)C(=O)c1ccc2nc(N)c3cnn(C)c3c2c1. The van der Waals surface area contributed by atoms with Gasteiger partial charge in [0.1, 0.15) is 5.82 Å². The molecule has 1 fully saturated rings. The van der Waals surface area contributed by atoms with Crippen molar-refractivity contribution in [1.29, 1.82) is 0 Å². The number of halogens is 3. The number of rotatable bonds is 6. The Labute approximate surface area is 205 Å². The van der Waals surface area contributed by atoms with Crippen molar-refractivity contribution in [3.05, 3.63) is 59.5 Å². The van der Waals surface area contributed by atoms with E-state index in [4.69, 9.17) is 5.73 Å². The molecule has 5 rings (SSSR count). The Morgan fingerprint density at radius 2 is 1.94 bits per heavy atom. The number of aryl methyl sites for hydroxylation is 1. The lowest BCUT2D eigenvalue weighted by Gasteiger charge is -2.37. The monoisotopic (exact) mass is 497 g/mol. The lowest BCUT2D eigenvalue weighted by atomic mass is 9.85. The van der Waals surface area contributed by atoms with Crippen LogP contribution in [0.2, 0.25) is 0 Å². The van der Waals surface area contributed by atoms with E-state index in [0.717, 1.165) is 42.4 Å². The number of hydrogen-bond donors (Lipinski definition) is 1. The van der Waals surface area contributed by atoms with E-state index in [0.29, 0.717) is 40.4 Å². The van der Waals surface area contributed by atoms with Gasteiger partial charge in [0.05, 0.1) is 40.4 Å². The molecule has 1 aliphatic rings. The van der Waals surface area contributed by atoms with Crippen molar-refractivity contribution in [2.75, 3.05) is 19.3 Å². The van der Waals surface area contributed by atoms with E-state index in [-0.39, 0.29) is 12.5 Å². The summed E-state index contributed by atoms with van der Waals surface area (Å²) in [6.45, 7) is 0.712. The van der Waals surface area contributed by atoms with Crippen LogP contribution >= 0.6 is 0 Å². The van der Waals surface area contributed by atoms with Crippen LogP contribution in [-0.4, -0.2) is 49.3 Å². The van der Waals surface area contributed by atoms with Gasteiger partial charge in [0, 0.05) is 37.8 Å². The molecule has 4 aromatic rings. The van der Waals surface area contributed by atoms with E-state index in [1.54, 1.807) is 41.1 Å². The molecule has 0 saturated heterocycles. The topological polar surface area (TPSA) is 93.2 Å². The van der Waals surface area contributed by atoms with Crippen LogP contribution in [0.1, 0.15) is 40.9 Å². The maximum Gasteiger partial charge on any atom is 0.417 e. The zero-order chi connectivity index (χ0) is 25.6. The highest BCUT2D eigenvalue weighted by Crippen LogP contribution is 2.31. The molecule has 8 nitrogen and oxygen atoms in total. The Bertz CT molecular complexity index is 1430. The predicted octanol–water partition coefficient (Wildman–Crippen LogP) is 4.41. The van der Waals surface area contributed by atoms with Crippen LogP contribution in [0.4, 0.5) is 19.0 Å². The van der Waals surface area contributed by atoms with Crippen molar-refractivity contribution in [3.8, 4) is 0 Å². The second-order valence-electron chi connectivity index (χ2n) is 9.30. The van der Waals surface area contributed by atoms with Crippen LogP contribution in [0.5, 0.6) is 0 Å². The molecule has 1 amide bonds. The van der Waals surface area contributed by atoms with Crippen LogP contribution < -0.4 is 5.73 Å². The molecule has 0 spiro atoms. The molecule has 1 aromatic carbocycles. The number of pyridine rings is 2. The average Bonchev–Trinajstić information content (AvgIpc) is 3.21. The number of carbonyl (C=O) groups excluding carboxylic acids is 1. The third-order valence-electron chi connectivity index (χ3n) is 6.81. The fraction of sp³-hybridized carbons (Fsp3) is 0.360. The summed E-state index contributed by atoms with van der Waals surface area (Å²) in [6.07, 6.45) is 1.31. The summed E-state index contributed by atoms with van der Waals surface area (Å²) >= 11 is 0. The van der Waals surface area contributed by atoms with E-state index >= 15 is 0 Å². The van der Waals surface area contributed by atoms with Crippen molar-refractivity contribution >= 4 is 33.5 Å². The molecule has 2 N–H and O–H groups in total. The summed E-state index contributed by atoms with van der Waals surface area (Å²) in [5.74, 6) is 0.552. The first-order chi connectivity index (χ1) is 17.1. The van der Waals surface area contributed by atoms with Crippen molar-refractivity contribution in [2.45, 2.75) is 32.0 Å². The maximum atomic E-state index is 13.8. The van der Waals surface area contributed by atoms with Crippen molar-refractivity contribution in [2.24, 2.45) is 13.0 Å². The Morgan fingerprint density at radius 3 is 2.58 bits per heavy atom. The molecule has 11 heteroatoms. The summed E-state index contributed by atoms with van der Waals surface area (Å²) in [5, 5.41) is 9.10. The molecule has 0 aliphatic heterocycles. The Kier molecular flexibility index (Phi) is 6.03. The largest absolute Gasteiger partial charge is 0.417 e. The molecular weight excluding hydrogens is 471 g/mol. The number of nitrogens with zero attached hydrogens (tertiary/aromatic N) is 6. The predicted molar refractivity (Wildman–Crippen MR) is 130 cm³/mol. The number of benzene rings is 1. The summed E-state index contributed by atoms with van der Waals surface area (Å²) < 4.78 is 40.6. The van der Waals surface area contributed by atoms with Crippen molar-refractivity contribution in [3.63, 3.8) is 0 Å². The Balaban J connectivity index is 1.50. The summed E-state index contributed by atoms with van der Waals surface area (Å²) in [4.78, 5) is 22.2. The first-order valence-electron chi connectivity index (χ1n) is 11.7. The number of fused-ring (bicyclic) bond motifs is 3. The van der Waals surface area contributed by atoms with E-state index in [1.807, 2.05) is 12.1 Å². The second kappa shape index (κ2) is 9.05. The molecular formula is C25H26F3N7O. The van der Waals surface area contributed by atoms with Crippen LogP contribution in [0.3, 0.4) is 0 Å². The second-order valence-corrected chi connectivity index (χ2v) is 9.30. The Morgan fingerprint density at radius 1 is 1.17 bits per heavy atom. The maximum absolute atomic E-state index is 13.8. The van der Waals surface area contributed by atoms with Gasteiger partial charge in [0.15, 0.2) is 0 Å². The molecule has 0 unspecified atom stereocenters. The van der Waals surface area contributed by atoms with Gasteiger partial charge in [-0.1, -0.05) is 6.42 Å². The lowest BCUT2D eigenvalue weighted by Crippen LogP contribution is -2.46. The minimum atomic E-state index is -4.47. The van der Waals surface area contributed by atoms with Crippen LogP contribution in [0, 0.1) is 5.92 Å². The molecule has 0 bridgehead atoms. The van der Waals surface area contributed by atoms with Crippen LogP contribution in [-0.2, 0) is 19.8 Å². The van der Waals surface area contributed by atoms with Crippen molar-refractivity contribution in [1.82, 2.24) is 29.8 Å². The Hall–Kier alpha value is -3.73. The number of aromatic nitrogens is 4. The van der Waals surface area contributed by atoms with Gasteiger partial charge >= 0.3 is 6.18 Å². The smallest absolute Gasteiger partial charge is 0.383 e. The van der Waals surface area contributed by atoms with Gasteiger partial charge in [-0.3, -0.25) is 19.5 Å². The van der Waals surface area contributed by atoms with Gasteiger partial charge in [-0.05, 0) is 49.1 Å². The summed E-state index contributed by atoms with van der Waals surface area (Å²) in [6, 6.07) is 7.49. The fourth-order valence-electron chi connectivity index (χ4n) is 4.57. The minimum Gasteiger partial charge on any atom is -0.383 e. The van der Waals surface area contributed by atoms with Gasteiger partial charge in [0.2, 0.25) is 0 Å². The zero-order valence-electron chi connectivity index (χ0n) is 20.0. The van der Waals surface area contributed by atoms with E-state index in [2.05, 4.69) is 15.1 Å². The first kappa shape index (κ1) is 24.0. The van der Waals surface area contributed by atoms with Crippen molar-refractivity contribution < 1.29 is 18.0 Å². The number of nitrogen functional groups attached to an aromatic ring is 1. The highest BCUT2D eigenvalue weighted by Gasteiger charge is 2.31. The molecule has 1 aliphatic carbocycles. The summed E-state index contributed by atoms with van der Waals surface area (Å²) in [5.41, 5.74) is 7.45. The van der Waals surface area contributed by atoms with E-state index in [9.17, 15) is 18.0 Å². The minimum absolute atomic E-state index is 0.0410.